The zero-order chi connectivity index (χ0) is 12.4. The molecule has 1 aromatic heterocycles. The zero-order valence-electron chi connectivity index (χ0n) is 10.4. The summed E-state index contributed by atoms with van der Waals surface area (Å²) in [5, 5.41) is 1.15. The second-order valence-corrected chi connectivity index (χ2v) is 4.62. The fourth-order valence-corrected chi connectivity index (χ4v) is 2.19. The second-order valence-electron chi connectivity index (χ2n) is 4.62. The maximum atomic E-state index is 13.2. The number of nitrogens with two attached hydrogens (primary N) is 1. The van der Waals surface area contributed by atoms with E-state index in [2.05, 4.69) is 17.7 Å². The Bertz CT molecular complexity index is 514. The molecule has 0 amide bonds. The third-order valence-electron chi connectivity index (χ3n) is 3.14. The molecule has 0 aliphatic heterocycles. The monoisotopic (exact) mass is 234 g/mol. The van der Waals surface area contributed by atoms with E-state index in [9.17, 15) is 4.39 Å². The van der Waals surface area contributed by atoms with Crippen LogP contribution < -0.4 is 5.73 Å². The molecule has 0 radical (unpaired) electrons. The molecule has 0 aliphatic rings. The molecular weight excluding hydrogens is 215 g/mol. The van der Waals surface area contributed by atoms with Crippen LogP contribution in [0, 0.1) is 5.82 Å². The van der Waals surface area contributed by atoms with Crippen molar-refractivity contribution in [2.24, 2.45) is 5.73 Å². The Kier molecular flexibility index (Phi) is 3.48. The summed E-state index contributed by atoms with van der Waals surface area (Å²) < 4.78 is 15.3. The van der Waals surface area contributed by atoms with Gasteiger partial charge >= 0.3 is 0 Å². The molecule has 92 valence electrons. The Morgan fingerprint density at radius 3 is 2.82 bits per heavy atom. The van der Waals surface area contributed by atoms with E-state index in [4.69, 9.17) is 5.73 Å². The van der Waals surface area contributed by atoms with Crippen LogP contribution in [0.5, 0.6) is 0 Å². The number of nitrogens with zero attached hydrogens (tertiary/aromatic N) is 1. The minimum Gasteiger partial charge on any atom is -0.347 e. The Labute approximate surface area is 101 Å². The molecule has 17 heavy (non-hydrogen) atoms. The van der Waals surface area contributed by atoms with E-state index < -0.39 is 0 Å². The van der Waals surface area contributed by atoms with E-state index in [1.807, 2.05) is 13.0 Å². The van der Waals surface area contributed by atoms with Gasteiger partial charge < -0.3 is 10.3 Å². The Balaban J connectivity index is 2.42. The molecule has 1 heterocycles. The molecule has 0 spiro atoms. The third kappa shape index (κ3) is 2.50. The fraction of sp³-hybridized carbons (Fsp3) is 0.429. The number of halogens is 1. The lowest BCUT2D eigenvalue weighted by Gasteiger charge is -2.03. The molecule has 2 rings (SSSR count). The van der Waals surface area contributed by atoms with Crippen LogP contribution in [0.4, 0.5) is 4.39 Å². The first kappa shape index (κ1) is 12.1. The molecule has 0 saturated heterocycles. The van der Waals surface area contributed by atoms with Crippen molar-refractivity contribution in [1.82, 2.24) is 4.57 Å². The maximum Gasteiger partial charge on any atom is 0.125 e. The number of benzene rings is 1. The number of hydrogen-bond acceptors (Lipinski definition) is 1. The predicted molar refractivity (Wildman–Crippen MR) is 69.5 cm³/mol. The summed E-state index contributed by atoms with van der Waals surface area (Å²) >= 11 is 0. The molecule has 2 aromatic rings. The van der Waals surface area contributed by atoms with Gasteiger partial charge in [0.1, 0.15) is 5.82 Å². The molecule has 2 N–H and O–H groups in total. The van der Waals surface area contributed by atoms with Crippen LogP contribution in [-0.2, 0) is 13.0 Å². The number of rotatable bonds is 4. The highest BCUT2D eigenvalue weighted by atomic mass is 19.1. The molecule has 1 aromatic carbocycles. The van der Waals surface area contributed by atoms with Gasteiger partial charge in [-0.05, 0) is 50.5 Å². The van der Waals surface area contributed by atoms with Gasteiger partial charge in [0.15, 0.2) is 0 Å². The van der Waals surface area contributed by atoms with Gasteiger partial charge in [-0.25, -0.2) is 4.39 Å². The largest absolute Gasteiger partial charge is 0.347 e. The van der Waals surface area contributed by atoms with Gasteiger partial charge in [-0.3, -0.25) is 0 Å². The zero-order valence-corrected chi connectivity index (χ0v) is 10.4. The first-order valence-electron chi connectivity index (χ1n) is 6.14. The van der Waals surface area contributed by atoms with Gasteiger partial charge in [-0.1, -0.05) is 0 Å². The second kappa shape index (κ2) is 4.88. The summed E-state index contributed by atoms with van der Waals surface area (Å²) in [6.07, 6.45) is 4.03. The molecule has 0 fully saturated rings. The first-order valence-corrected chi connectivity index (χ1v) is 6.14. The van der Waals surface area contributed by atoms with Crippen molar-refractivity contribution in [1.29, 1.82) is 0 Å². The van der Waals surface area contributed by atoms with Crippen LogP contribution in [0.1, 0.15) is 25.8 Å². The molecule has 0 saturated carbocycles. The Hall–Kier alpha value is -1.35. The summed E-state index contributed by atoms with van der Waals surface area (Å²) in [6, 6.07) is 5.20. The molecule has 2 nitrogen and oxygen atoms in total. The van der Waals surface area contributed by atoms with E-state index in [1.165, 1.54) is 11.6 Å². The molecule has 0 aliphatic carbocycles. The highest BCUT2D eigenvalue weighted by molar-refractivity contribution is 5.84. The minimum atomic E-state index is -0.177. The van der Waals surface area contributed by atoms with Gasteiger partial charge in [0.2, 0.25) is 0 Å². The average Bonchev–Trinajstić information content (AvgIpc) is 2.63. The summed E-state index contributed by atoms with van der Waals surface area (Å²) in [4.78, 5) is 0. The third-order valence-corrected chi connectivity index (χ3v) is 3.14. The average molecular weight is 234 g/mol. The summed E-state index contributed by atoms with van der Waals surface area (Å²) in [7, 11) is 0. The van der Waals surface area contributed by atoms with Gasteiger partial charge in [0, 0.05) is 24.2 Å². The maximum absolute atomic E-state index is 13.2. The van der Waals surface area contributed by atoms with Crippen LogP contribution in [0.15, 0.2) is 24.4 Å². The van der Waals surface area contributed by atoms with Crippen molar-refractivity contribution in [3.8, 4) is 0 Å². The topological polar surface area (TPSA) is 30.9 Å². The van der Waals surface area contributed by atoms with Crippen LogP contribution in [0.25, 0.3) is 10.9 Å². The van der Waals surface area contributed by atoms with Gasteiger partial charge in [0.05, 0.1) is 5.52 Å². The lowest BCUT2D eigenvalue weighted by atomic mass is 10.1. The molecule has 0 bridgehead atoms. The number of aryl methyl sites for hydroxylation is 2. The summed E-state index contributed by atoms with van der Waals surface area (Å²) in [5.74, 6) is -0.177. The SMILES string of the molecule is CCn1cc(CC[C@H](C)N)c2ccc(F)cc21. The lowest BCUT2D eigenvalue weighted by Crippen LogP contribution is -2.15. The highest BCUT2D eigenvalue weighted by Gasteiger charge is 2.09. The number of hydrogen-bond donors (Lipinski definition) is 1. The van der Waals surface area contributed by atoms with E-state index >= 15 is 0 Å². The van der Waals surface area contributed by atoms with Gasteiger partial charge in [-0.2, -0.15) is 0 Å². The van der Waals surface area contributed by atoms with Crippen molar-refractivity contribution in [3.05, 3.63) is 35.8 Å². The quantitative estimate of drug-likeness (QED) is 0.866. The lowest BCUT2D eigenvalue weighted by molar-refractivity contribution is 0.628. The molecular formula is C14H19FN2. The predicted octanol–water partition coefficient (Wildman–Crippen LogP) is 3.08. The van der Waals surface area contributed by atoms with E-state index in [-0.39, 0.29) is 11.9 Å². The van der Waals surface area contributed by atoms with Gasteiger partial charge in [0.25, 0.3) is 0 Å². The van der Waals surface area contributed by atoms with Crippen molar-refractivity contribution in [2.75, 3.05) is 0 Å². The van der Waals surface area contributed by atoms with Crippen molar-refractivity contribution >= 4 is 10.9 Å². The van der Waals surface area contributed by atoms with Crippen LogP contribution >= 0.6 is 0 Å². The minimum absolute atomic E-state index is 0.177. The van der Waals surface area contributed by atoms with Crippen molar-refractivity contribution in [3.63, 3.8) is 0 Å². The molecule has 0 unspecified atom stereocenters. The fourth-order valence-electron chi connectivity index (χ4n) is 2.19. The Morgan fingerprint density at radius 1 is 1.41 bits per heavy atom. The smallest absolute Gasteiger partial charge is 0.125 e. The standard InChI is InChI=1S/C14H19FN2/c1-3-17-9-11(5-4-10(2)16)13-7-6-12(15)8-14(13)17/h6-10H,3-5,16H2,1-2H3/t10-/m0/s1. The highest BCUT2D eigenvalue weighted by Crippen LogP contribution is 2.23. The molecule has 1 atom stereocenters. The van der Waals surface area contributed by atoms with Crippen molar-refractivity contribution in [2.45, 2.75) is 39.3 Å². The Morgan fingerprint density at radius 2 is 2.18 bits per heavy atom. The van der Waals surface area contributed by atoms with Crippen LogP contribution in [0.3, 0.4) is 0 Å². The van der Waals surface area contributed by atoms with E-state index in [0.29, 0.717) is 0 Å². The number of fused-ring (bicyclic) bond motifs is 1. The van der Waals surface area contributed by atoms with Crippen LogP contribution in [-0.4, -0.2) is 10.6 Å². The summed E-state index contributed by atoms with van der Waals surface area (Å²) in [6.45, 7) is 4.94. The normalized spacial score (nSPS) is 13.2. The molecule has 3 heteroatoms. The van der Waals surface area contributed by atoms with Crippen molar-refractivity contribution < 1.29 is 4.39 Å². The van der Waals surface area contributed by atoms with Crippen LogP contribution in [0.2, 0.25) is 0 Å². The van der Waals surface area contributed by atoms with E-state index in [0.717, 1.165) is 30.3 Å². The van der Waals surface area contributed by atoms with Gasteiger partial charge in [-0.15, -0.1) is 0 Å². The first-order chi connectivity index (χ1) is 8.11. The summed E-state index contributed by atoms with van der Waals surface area (Å²) in [5.41, 5.74) is 8.02. The number of aromatic nitrogens is 1. The van der Waals surface area contributed by atoms with E-state index in [1.54, 1.807) is 6.07 Å².